The first kappa shape index (κ1) is 30.6. The van der Waals surface area contributed by atoms with E-state index in [1.807, 2.05) is 6.92 Å². The molecule has 0 radical (unpaired) electrons. The quantitative estimate of drug-likeness (QED) is 0.337. The van der Waals surface area contributed by atoms with Crippen LogP contribution in [0.3, 0.4) is 0 Å². The Balaban J connectivity index is 1.71. The molecule has 0 saturated heterocycles. The third-order valence-electron chi connectivity index (χ3n) is 6.70. The Morgan fingerprint density at radius 3 is 2.43 bits per heavy atom. The normalized spacial score (nSPS) is 13.1. The molecule has 0 saturated carbocycles. The number of hydrogen-bond donors (Lipinski definition) is 1. The molecule has 4 rings (SSSR count). The van der Waals surface area contributed by atoms with E-state index in [1.165, 1.54) is 42.3 Å². The molecule has 3 aromatic carbocycles. The molecule has 1 aliphatic rings. The lowest BCUT2D eigenvalue weighted by Crippen LogP contribution is -2.51. The number of benzene rings is 3. The van der Waals surface area contributed by atoms with Crippen LogP contribution in [0.15, 0.2) is 71.6 Å². The molecule has 224 valence electrons. The second-order valence-electron chi connectivity index (χ2n) is 9.63. The topological polar surface area (TPSA) is 114 Å². The predicted octanol–water partition coefficient (Wildman–Crippen LogP) is 3.74. The highest BCUT2D eigenvalue weighted by Crippen LogP contribution is 2.34. The minimum absolute atomic E-state index is 0.0120. The third kappa shape index (κ3) is 7.11. The van der Waals surface area contributed by atoms with Crippen LogP contribution in [-0.4, -0.2) is 64.6 Å². The van der Waals surface area contributed by atoms with Gasteiger partial charge in [0.05, 0.1) is 17.7 Å². The van der Waals surface area contributed by atoms with Crippen molar-refractivity contribution in [3.05, 3.63) is 78.1 Å². The van der Waals surface area contributed by atoms with Crippen molar-refractivity contribution in [2.75, 3.05) is 37.7 Å². The van der Waals surface area contributed by atoms with E-state index in [9.17, 15) is 22.4 Å². The zero-order valence-corrected chi connectivity index (χ0v) is 24.5. The number of ether oxygens (including phenoxy) is 3. The van der Waals surface area contributed by atoms with Gasteiger partial charge in [0.25, 0.3) is 10.0 Å². The molecule has 1 heterocycles. The number of carbonyl (C=O) groups excluding carboxylic acids is 2. The third-order valence-corrected chi connectivity index (χ3v) is 8.47. The summed E-state index contributed by atoms with van der Waals surface area (Å²) in [6.07, 6.45) is 0.703. The average Bonchev–Trinajstić information content (AvgIpc) is 3.01. The van der Waals surface area contributed by atoms with E-state index in [-0.39, 0.29) is 35.4 Å². The summed E-state index contributed by atoms with van der Waals surface area (Å²) >= 11 is 0. The summed E-state index contributed by atoms with van der Waals surface area (Å²) in [4.78, 5) is 28.1. The summed E-state index contributed by atoms with van der Waals surface area (Å²) in [5.41, 5.74) is 0.755. The van der Waals surface area contributed by atoms with Crippen LogP contribution in [0.5, 0.6) is 17.2 Å². The molecule has 12 heteroatoms. The van der Waals surface area contributed by atoms with E-state index >= 15 is 0 Å². The lowest BCUT2D eigenvalue weighted by Gasteiger charge is -2.32. The summed E-state index contributed by atoms with van der Waals surface area (Å²) < 4.78 is 59.1. The van der Waals surface area contributed by atoms with Gasteiger partial charge < -0.3 is 24.4 Å². The summed E-state index contributed by atoms with van der Waals surface area (Å²) in [5, 5.41) is 2.80. The molecule has 0 aliphatic carbocycles. The second kappa shape index (κ2) is 13.6. The number of sulfonamides is 1. The Labute approximate surface area is 245 Å². The van der Waals surface area contributed by atoms with Crippen molar-refractivity contribution in [3.8, 4) is 17.2 Å². The summed E-state index contributed by atoms with van der Waals surface area (Å²) in [6, 6.07) is 15.1. The van der Waals surface area contributed by atoms with E-state index in [0.29, 0.717) is 36.6 Å². The monoisotopic (exact) mass is 599 g/mol. The largest absolute Gasteiger partial charge is 0.497 e. The van der Waals surface area contributed by atoms with Gasteiger partial charge in [-0.15, -0.1) is 0 Å². The number of nitrogens with zero attached hydrogens (tertiary/aromatic N) is 2. The minimum Gasteiger partial charge on any atom is -0.497 e. The molecule has 1 N–H and O–H groups in total. The fourth-order valence-corrected chi connectivity index (χ4v) is 5.82. The molecule has 0 spiro atoms. The average molecular weight is 600 g/mol. The smallest absolute Gasteiger partial charge is 0.264 e. The van der Waals surface area contributed by atoms with Gasteiger partial charge in [-0.05, 0) is 67.4 Å². The number of fused-ring (bicyclic) bond motifs is 1. The van der Waals surface area contributed by atoms with Gasteiger partial charge in [-0.1, -0.05) is 19.1 Å². The van der Waals surface area contributed by atoms with E-state index in [1.54, 1.807) is 31.2 Å². The van der Waals surface area contributed by atoms with Gasteiger partial charge in [-0.2, -0.15) is 0 Å². The van der Waals surface area contributed by atoms with Crippen LogP contribution < -0.4 is 23.8 Å². The molecule has 0 unspecified atom stereocenters. The fraction of sp³-hybridized carbons (Fsp3) is 0.333. The number of rotatable bonds is 12. The molecule has 2 amide bonds. The van der Waals surface area contributed by atoms with Gasteiger partial charge in [0, 0.05) is 19.2 Å². The maximum Gasteiger partial charge on any atom is 0.264 e. The molecular formula is C30H34FN3O7S. The number of anilines is 1. The van der Waals surface area contributed by atoms with Crippen molar-refractivity contribution in [3.63, 3.8) is 0 Å². The zero-order chi connectivity index (χ0) is 30.3. The van der Waals surface area contributed by atoms with Gasteiger partial charge in [-0.3, -0.25) is 13.9 Å². The number of nitrogens with one attached hydrogen (secondary N) is 1. The first-order valence-electron chi connectivity index (χ1n) is 13.5. The first-order chi connectivity index (χ1) is 20.1. The first-order valence-corrected chi connectivity index (χ1v) is 15.0. The van der Waals surface area contributed by atoms with E-state index < -0.39 is 34.3 Å². The Kier molecular flexibility index (Phi) is 9.89. The lowest BCUT2D eigenvalue weighted by atomic mass is 10.1. The van der Waals surface area contributed by atoms with Crippen molar-refractivity contribution in [2.24, 2.45) is 0 Å². The molecule has 0 bridgehead atoms. The number of halogens is 1. The summed E-state index contributed by atoms with van der Waals surface area (Å²) in [6.45, 7) is 3.87. The molecular weight excluding hydrogens is 565 g/mol. The predicted molar refractivity (Wildman–Crippen MR) is 155 cm³/mol. The summed E-state index contributed by atoms with van der Waals surface area (Å²) in [5.74, 6) is -0.354. The van der Waals surface area contributed by atoms with Crippen LogP contribution in [0.25, 0.3) is 0 Å². The Morgan fingerprint density at radius 2 is 1.74 bits per heavy atom. The van der Waals surface area contributed by atoms with Gasteiger partial charge in [-0.25, -0.2) is 12.8 Å². The van der Waals surface area contributed by atoms with Crippen LogP contribution in [-0.2, 0) is 26.2 Å². The minimum atomic E-state index is -4.37. The number of carbonyl (C=O) groups is 2. The Morgan fingerprint density at radius 1 is 1.02 bits per heavy atom. The van der Waals surface area contributed by atoms with Crippen molar-refractivity contribution in [2.45, 2.75) is 37.8 Å². The van der Waals surface area contributed by atoms with E-state index in [4.69, 9.17) is 14.2 Å². The second-order valence-corrected chi connectivity index (χ2v) is 11.5. The van der Waals surface area contributed by atoms with Gasteiger partial charge in [0.2, 0.25) is 11.8 Å². The molecule has 1 aliphatic heterocycles. The van der Waals surface area contributed by atoms with Crippen molar-refractivity contribution in [1.29, 1.82) is 0 Å². The van der Waals surface area contributed by atoms with E-state index in [0.717, 1.165) is 16.4 Å². The molecule has 1 atom stereocenters. The van der Waals surface area contributed by atoms with Crippen LogP contribution in [0.2, 0.25) is 0 Å². The van der Waals surface area contributed by atoms with Crippen molar-refractivity contribution >= 4 is 27.5 Å². The Hall–Kier alpha value is -4.32. The van der Waals surface area contributed by atoms with Crippen LogP contribution in [0.4, 0.5) is 10.1 Å². The van der Waals surface area contributed by atoms with E-state index in [2.05, 4.69) is 5.32 Å². The van der Waals surface area contributed by atoms with Crippen molar-refractivity contribution in [1.82, 2.24) is 10.2 Å². The highest BCUT2D eigenvalue weighted by molar-refractivity contribution is 7.92. The van der Waals surface area contributed by atoms with Gasteiger partial charge in [0.1, 0.15) is 37.4 Å². The molecule has 0 aromatic heterocycles. The van der Waals surface area contributed by atoms with Crippen LogP contribution in [0.1, 0.15) is 25.8 Å². The van der Waals surface area contributed by atoms with Crippen molar-refractivity contribution < 1.29 is 36.6 Å². The number of amides is 2. The molecule has 3 aromatic rings. The maximum absolute atomic E-state index is 14.0. The lowest BCUT2D eigenvalue weighted by molar-refractivity contribution is -0.139. The summed E-state index contributed by atoms with van der Waals surface area (Å²) in [7, 11) is -2.85. The van der Waals surface area contributed by atoms with Gasteiger partial charge in [0.15, 0.2) is 11.5 Å². The number of hydrogen-bond acceptors (Lipinski definition) is 7. The highest BCUT2D eigenvalue weighted by atomic mass is 32.2. The fourth-order valence-electron chi connectivity index (χ4n) is 4.39. The zero-order valence-electron chi connectivity index (χ0n) is 23.7. The molecule has 10 nitrogen and oxygen atoms in total. The Bertz CT molecular complexity index is 1520. The SMILES string of the molecule is CCCNC(=O)[C@H](C)N(Cc1cccc(OC)c1)C(=O)CN(c1ccc(F)cc1)S(=O)(=O)c1ccc2c(c1)OCCO2. The maximum atomic E-state index is 14.0. The highest BCUT2D eigenvalue weighted by Gasteiger charge is 2.33. The molecule has 0 fully saturated rings. The van der Waals surface area contributed by atoms with Gasteiger partial charge >= 0.3 is 0 Å². The van der Waals surface area contributed by atoms with Crippen LogP contribution >= 0.6 is 0 Å². The number of methoxy groups -OCH3 is 1. The standard InChI is InChI=1S/C30H34FN3O7S/c1-4-14-32-30(36)21(2)33(19-22-6-5-7-25(17-22)39-3)29(35)20-34(24-10-8-23(31)9-11-24)42(37,38)26-12-13-27-28(18-26)41-16-15-40-27/h5-13,17-18,21H,4,14-16,19-20H2,1-3H3,(H,32,36)/t21-/m0/s1. The van der Waals surface area contributed by atoms with Crippen LogP contribution in [0, 0.1) is 5.82 Å². The molecule has 42 heavy (non-hydrogen) atoms.